The summed E-state index contributed by atoms with van der Waals surface area (Å²) in [5.74, 6) is 1.03. The summed E-state index contributed by atoms with van der Waals surface area (Å²) in [5, 5.41) is 15.2. The molecule has 3 aromatic rings. The normalized spacial score (nSPS) is 23.8. The smallest absolute Gasteiger partial charge is 0.303 e. The van der Waals surface area contributed by atoms with Crippen molar-refractivity contribution in [3.63, 3.8) is 0 Å². The van der Waals surface area contributed by atoms with Crippen molar-refractivity contribution >= 4 is 33.3 Å². The van der Waals surface area contributed by atoms with E-state index in [1.54, 1.807) is 23.9 Å². The molecule has 4 unspecified atom stereocenters. The van der Waals surface area contributed by atoms with E-state index in [0.717, 1.165) is 35.8 Å². The van der Waals surface area contributed by atoms with E-state index in [-0.39, 0.29) is 18.4 Å². The monoisotopic (exact) mass is 477 g/mol. The number of furan rings is 1. The van der Waals surface area contributed by atoms with Crippen molar-refractivity contribution < 1.29 is 19.1 Å². The van der Waals surface area contributed by atoms with Gasteiger partial charge in [0, 0.05) is 34.3 Å². The Hall–Kier alpha value is -2.86. The van der Waals surface area contributed by atoms with Gasteiger partial charge in [-0.2, -0.15) is 0 Å². The summed E-state index contributed by atoms with van der Waals surface area (Å²) in [4.78, 5) is 24.1. The van der Waals surface area contributed by atoms with Gasteiger partial charge >= 0.3 is 5.97 Å². The number of hydrogen-bond donors (Lipinski definition) is 2. The molecule has 2 aliphatic rings. The molecule has 1 amide bonds. The van der Waals surface area contributed by atoms with E-state index in [9.17, 15) is 9.59 Å². The molecule has 0 spiro atoms. The quantitative estimate of drug-likeness (QED) is 0.260. The molecule has 2 bridgehead atoms. The van der Waals surface area contributed by atoms with Crippen LogP contribution >= 0.6 is 11.3 Å². The number of allylic oxidation sites excluding steroid dienone is 2. The molecule has 5 nitrogen and oxygen atoms in total. The maximum atomic E-state index is 13.4. The van der Waals surface area contributed by atoms with E-state index in [1.165, 1.54) is 29.5 Å². The Morgan fingerprint density at radius 2 is 2.06 bits per heavy atom. The van der Waals surface area contributed by atoms with Crippen LogP contribution in [0.15, 0.2) is 58.7 Å². The minimum Gasteiger partial charge on any atom is -0.481 e. The zero-order valence-electron chi connectivity index (χ0n) is 19.2. The summed E-state index contributed by atoms with van der Waals surface area (Å²) >= 11 is 1.64. The molecule has 2 N–H and O–H groups in total. The first-order chi connectivity index (χ1) is 16.6. The third kappa shape index (κ3) is 4.83. The average molecular weight is 478 g/mol. The topological polar surface area (TPSA) is 79.5 Å². The Labute approximate surface area is 203 Å². The van der Waals surface area contributed by atoms with Crippen LogP contribution in [0, 0.1) is 17.8 Å². The Balaban J connectivity index is 1.26. The molecule has 2 fully saturated rings. The summed E-state index contributed by atoms with van der Waals surface area (Å²) < 4.78 is 6.39. The second kappa shape index (κ2) is 10.2. The van der Waals surface area contributed by atoms with Crippen molar-refractivity contribution in [1.82, 2.24) is 5.32 Å². The van der Waals surface area contributed by atoms with Gasteiger partial charge in [-0.25, -0.2) is 0 Å². The highest BCUT2D eigenvalue weighted by molar-refractivity contribution is 7.17. The van der Waals surface area contributed by atoms with Crippen LogP contribution in [-0.4, -0.2) is 23.0 Å². The van der Waals surface area contributed by atoms with Crippen molar-refractivity contribution in [2.24, 2.45) is 17.8 Å². The van der Waals surface area contributed by atoms with Crippen LogP contribution in [0.2, 0.25) is 0 Å². The number of benzene rings is 1. The first-order valence-corrected chi connectivity index (χ1v) is 13.2. The number of carboxylic acid groups (broad SMARTS) is 1. The van der Waals surface area contributed by atoms with Crippen LogP contribution in [0.5, 0.6) is 0 Å². The standard InChI is InChI=1S/C28H31NO4S/c30-25(31)9-4-2-1-3-7-22-19-10-11-20(15-19)26(22)29-28(32)24-17-34-27-21(6-5-8-23(24)27)14-18-12-13-33-16-18/h1,3,5-6,8,12-13,16-17,19-20,22,26H,2,4,7,9-11,14-15H2,(H,29,32)(H,30,31)/b3-1+. The summed E-state index contributed by atoms with van der Waals surface area (Å²) in [6.07, 6.45) is 14.9. The number of aliphatic carboxylic acids is 1. The number of carbonyl (C=O) groups is 2. The first-order valence-electron chi connectivity index (χ1n) is 12.3. The highest BCUT2D eigenvalue weighted by Gasteiger charge is 2.47. The highest BCUT2D eigenvalue weighted by atomic mass is 32.1. The lowest BCUT2D eigenvalue weighted by Gasteiger charge is -2.31. The van der Waals surface area contributed by atoms with Gasteiger partial charge < -0.3 is 14.8 Å². The van der Waals surface area contributed by atoms with Crippen LogP contribution in [0.4, 0.5) is 0 Å². The third-order valence-corrected chi connectivity index (χ3v) is 8.69. The van der Waals surface area contributed by atoms with Crippen molar-refractivity contribution in [2.75, 3.05) is 0 Å². The maximum absolute atomic E-state index is 13.4. The van der Waals surface area contributed by atoms with Crippen molar-refractivity contribution in [2.45, 2.75) is 57.4 Å². The first kappa shape index (κ1) is 22.9. The molecule has 1 aromatic carbocycles. The van der Waals surface area contributed by atoms with Crippen molar-refractivity contribution in [1.29, 1.82) is 0 Å². The van der Waals surface area contributed by atoms with E-state index in [4.69, 9.17) is 9.52 Å². The molecule has 2 aliphatic carbocycles. The van der Waals surface area contributed by atoms with Crippen LogP contribution < -0.4 is 5.32 Å². The molecule has 178 valence electrons. The second-order valence-corrected chi connectivity index (χ2v) is 10.6. The van der Waals surface area contributed by atoms with E-state index >= 15 is 0 Å². The van der Waals surface area contributed by atoms with Gasteiger partial charge in [0.15, 0.2) is 0 Å². The van der Waals surface area contributed by atoms with E-state index in [2.05, 4.69) is 29.6 Å². The highest BCUT2D eigenvalue weighted by Crippen LogP contribution is 2.50. The van der Waals surface area contributed by atoms with Gasteiger partial charge in [-0.05, 0) is 73.5 Å². The summed E-state index contributed by atoms with van der Waals surface area (Å²) in [7, 11) is 0. The molecule has 0 saturated heterocycles. The minimum atomic E-state index is -0.737. The van der Waals surface area contributed by atoms with Gasteiger partial charge in [-0.3, -0.25) is 9.59 Å². The van der Waals surface area contributed by atoms with Gasteiger partial charge in [0.25, 0.3) is 5.91 Å². The van der Waals surface area contributed by atoms with Gasteiger partial charge in [-0.15, -0.1) is 11.3 Å². The number of hydrogen-bond acceptors (Lipinski definition) is 4. The molecule has 0 aliphatic heterocycles. The number of fused-ring (bicyclic) bond motifs is 3. The zero-order valence-corrected chi connectivity index (χ0v) is 20.1. The van der Waals surface area contributed by atoms with Crippen LogP contribution in [0.25, 0.3) is 10.1 Å². The van der Waals surface area contributed by atoms with E-state index in [1.807, 2.05) is 17.5 Å². The SMILES string of the molecule is O=C(O)CCC/C=C/CC1C2CCC(C2)C1NC(=O)c1csc2c(Cc3ccoc3)cccc12. The Morgan fingerprint density at radius 3 is 2.88 bits per heavy atom. The molecule has 4 atom stereocenters. The zero-order chi connectivity index (χ0) is 23.5. The van der Waals surface area contributed by atoms with Crippen molar-refractivity contribution in [3.05, 3.63) is 71.0 Å². The van der Waals surface area contributed by atoms with E-state index < -0.39 is 5.97 Å². The molecular weight excluding hydrogens is 446 g/mol. The largest absolute Gasteiger partial charge is 0.481 e. The minimum absolute atomic E-state index is 0.0414. The fraction of sp³-hybridized carbons (Fsp3) is 0.429. The number of unbranched alkanes of at least 4 members (excludes halogenated alkanes) is 1. The van der Waals surface area contributed by atoms with Crippen LogP contribution in [0.1, 0.15) is 66.4 Å². The summed E-state index contributed by atoms with van der Waals surface area (Å²) in [6, 6.07) is 8.42. The third-order valence-electron chi connectivity index (χ3n) is 7.62. The summed E-state index contributed by atoms with van der Waals surface area (Å²) in [6.45, 7) is 0. The fourth-order valence-electron chi connectivity index (χ4n) is 5.99. The fourth-order valence-corrected chi connectivity index (χ4v) is 7.06. The number of amides is 1. The number of thiophene rings is 1. The molecule has 0 radical (unpaired) electrons. The number of carboxylic acids is 1. The van der Waals surface area contributed by atoms with Gasteiger partial charge in [0.05, 0.1) is 18.1 Å². The van der Waals surface area contributed by atoms with Crippen molar-refractivity contribution in [3.8, 4) is 0 Å². The van der Waals surface area contributed by atoms with Crippen LogP contribution in [-0.2, 0) is 11.2 Å². The lowest BCUT2D eigenvalue weighted by molar-refractivity contribution is -0.137. The van der Waals surface area contributed by atoms with Gasteiger partial charge in [-0.1, -0.05) is 30.4 Å². The molecule has 2 aromatic heterocycles. The van der Waals surface area contributed by atoms with E-state index in [0.29, 0.717) is 24.2 Å². The molecule has 2 saturated carbocycles. The van der Waals surface area contributed by atoms with Gasteiger partial charge in [0.2, 0.25) is 0 Å². The Kier molecular flexibility index (Phi) is 6.86. The molecule has 2 heterocycles. The molecule has 34 heavy (non-hydrogen) atoms. The number of nitrogens with one attached hydrogen (secondary N) is 1. The second-order valence-electron chi connectivity index (χ2n) is 9.74. The predicted molar refractivity (Wildman–Crippen MR) is 134 cm³/mol. The Morgan fingerprint density at radius 1 is 1.18 bits per heavy atom. The lowest BCUT2D eigenvalue weighted by Crippen LogP contribution is -2.43. The maximum Gasteiger partial charge on any atom is 0.303 e. The predicted octanol–water partition coefficient (Wildman–Crippen LogP) is 6.43. The average Bonchev–Trinajstić information content (AvgIpc) is 3.61. The molecular formula is C28H31NO4S. The van der Waals surface area contributed by atoms with Gasteiger partial charge in [0.1, 0.15) is 0 Å². The van der Waals surface area contributed by atoms with Crippen LogP contribution in [0.3, 0.4) is 0 Å². The number of rotatable bonds is 10. The lowest BCUT2D eigenvalue weighted by atomic mass is 9.82. The molecule has 6 heteroatoms. The number of carbonyl (C=O) groups excluding carboxylic acids is 1. The summed E-state index contributed by atoms with van der Waals surface area (Å²) in [5.41, 5.74) is 3.13. The Bertz CT molecular complexity index is 1180. The molecule has 5 rings (SSSR count).